The summed E-state index contributed by atoms with van der Waals surface area (Å²) in [4.78, 5) is 5.47. The van der Waals surface area contributed by atoms with Crippen molar-refractivity contribution in [3.05, 3.63) is 42.0 Å². The molecule has 0 aliphatic rings. The fraction of sp³-hybridized carbons (Fsp3) is 0.435. The highest BCUT2D eigenvalue weighted by atomic mass is 127. The Labute approximate surface area is 212 Å². The van der Waals surface area contributed by atoms with Gasteiger partial charge in [0, 0.05) is 30.8 Å². The van der Waals surface area contributed by atoms with Crippen LogP contribution in [0.4, 0.5) is 0 Å². The molecule has 0 saturated carbocycles. The van der Waals surface area contributed by atoms with Crippen LogP contribution < -0.4 is 29.6 Å². The van der Waals surface area contributed by atoms with E-state index in [-0.39, 0.29) is 24.0 Å². The second kappa shape index (κ2) is 14.9. The van der Waals surface area contributed by atoms with Crippen molar-refractivity contribution in [2.75, 3.05) is 47.8 Å². The first-order valence-corrected chi connectivity index (χ1v) is 11.0. The Morgan fingerprint density at radius 1 is 0.938 bits per heavy atom. The molecule has 2 rings (SSSR count). The molecule has 0 aliphatic carbocycles. The number of nitrogens with one attached hydrogen (secondary N) is 2. The molecule has 32 heavy (non-hydrogen) atoms. The van der Waals surface area contributed by atoms with Crippen LogP contribution in [0.5, 0.6) is 23.0 Å². The van der Waals surface area contributed by atoms with Gasteiger partial charge in [0.25, 0.3) is 0 Å². The molecule has 2 aromatic rings. The summed E-state index contributed by atoms with van der Waals surface area (Å²) < 4.78 is 21.6. The van der Waals surface area contributed by atoms with Gasteiger partial charge in [-0.1, -0.05) is 19.1 Å². The number of nitrogens with zero attached hydrogens (tertiary/aromatic N) is 1. The van der Waals surface area contributed by atoms with E-state index in [1.54, 1.807) is 47.2 Å². The highest BCUT2D eigenvalue weighted by molar-refractivity contribution is 14.0. The maximum absolute atomic E-state index is 5.42. The first-order chi connectivity index (χ1) is 15.1. The van der Waals surface area contributed by atoms with Crippen LogP contribution in [-0.2, 0) is 6.54 Å². The molecule has 2 N–H and O–H groups in total. The summed E-state index contributed by atoms with van der Waals surface area (Å²) in [5.41, 5.74) is 0.997. The predicted octanol–water partition coefficient (Wildman–Crippen LogP) is 4.43. The van der Waals surface area contributed by atoms with Crippen LogP contribution in [0.1, 0.15) is 12.5 Å². The van der Waals surface area contributed by atoms with Crippen LogP contribution in [-0.4, -0.2) is 53.7 Å². The Morgan fingerprint density at radius 2 is 1.56 bits per heavy atom. The van der Waals surface area contributed by atoms with E-state index in [2.05, 4.69) is 28.6 Å². The van der Waals surface area contributed by atoms with E-state index in [4.69, 9.17) is 18.9 Å². The summed E-state index contributed by atoms with van der Waals surface area (Å²) in [7, 11) is 8.28. The second-order valence-corrected chi connectivity index (χ2v) is 7.97. The van der Waals surface area contributed by atoms with E-state index in [0.717, 1.165) is 34.5 Å². The summed E-state index contributed by atoms with van der Waals surface area (Å²) >= 11 is 1.80. The molecular weight excluding hydrogens is 541 g/mol. The lowest BCUT2D eigenvalue weighted by molar-refractivity contribution is 0.323. The van der Waals surface area contributed by atoms with Gasteiger partial charge in [-0.15, -0.1) is 35.7 Å². The molecule has 0 bridgehead atoms. The maximum Gasteiger partial charge on any atom is 0.203 e. The van der Waals surface area contributed by atoms with Crippen molar-refractivity contribution in [2.24, 2.45) is 10.9 Å². The molecule has 1 unspecified atom stereocenters. The van der Waals surface area contributed by atoms with Gasteiger partial charge in [0.05, 0.1) is 28.4 Å². The number of halogens is 1. The quantitative estimate of drug-likeness (QED) is 0.178. The summed E-state index contributed by atoms with van der Waals surface area (Å²) in [5, 5.41) is 6.72. The number of guanidine groups is 1. The van der Waals surface area contributed by atoms with Crippen LogP contribution >= 0.6 is 35.7 Å². The van der Waals surface area contributed by atoms with Crippen molar-refractivity contribution in [1.82, 2.24) is 10.6 Å². The molecule has 0 spiro atoms. The van der Waals surface area contributed by atoms with Crippen molar-refractivity contribution in [1.29, 1.82) is 0 Å². The van der Waals surface area contributed by atoms with Crippen LogP contribution in [0.2, 0.25) is 0 Å². The Balaban J connectivity index is 0.00000512. The van der Waals surface area contributed by atoms with Gasteiger partial charge in [-0.25, -0.2) is 0 Å². The minimum atomic E-state index is 0. The zero-order valence-electron chi connectivity index (χ0n) is 19.6. The van der Waals surface area contributed by atoms with Crippen LogP contribution in [0.3, 0.4) is 0 Å². The summed E-state index contributed by atoms with van der Waals surface area (Å²) in [5.74, 6) is 4.90. The number of benzene rings is 2. The SMILES string of the molecule is CN=C(NCc1cc(OC)c(OC)c(OC)c1)NCC(C)CSc1ccccc1OC.I. The normalized spacial score (nSPS) is 11.8. The van der Waals surface area contributed by atoms with Gasteiger partial charge in [0.1, 0.15) is 5.75 Å². The second-order valence-electron chi connectivity index (χ2n) is 6.91. The van der Waals surface area contributed by atoms with Crippen LogP contribution in [0, 0.1) is 5.92 Å². The summed E-state index contributed by atoms with van der Waals surface area (Å²) in [6, 6.07) is 11.9. The molecule has 0 radical (unpaired) electrons. The molecule has 9 heteroatoms. The van der Waals surface area contributed by atoms with Crippen molar-refractivity contribution in [3.63, 3.8) is 0 Å². The van der Waals surface area contributed by atoms with E-state index in [0.29, 0.717) is 29.7 Å². The average molecular weight is 576 g/mol. The van der Waals surface area contributed by atoms with E-state index in [1.165, 1.54) is 0 Å². The van der Waals surface area contributed by atoms with Gasteiger partial charge in [-0.05, 0) is 35.7 Å². The number of hydrogen-bond acceptors (Lipinski definition) is 6. The lowest BCUT2D eigenvalue weighted by Gasteiger charge is -2.18. The predicted molar refractivity (Wildman–Crippen MR) is 143 cm³/mol. The third kappa shape index (κ3) is 8.16. The third-order valence-electron chi connectivity index (χ3n) is 4.62. The monoisotopic (exact) mass is 575 g/mol. The van der Waals surface area contributed by atoms with E-state index >= 15 is 0 Å². The average Bonchev–Trinajstić information content (AvgIpc) is 2.82. The summed E-state index contributed by atoms with van der Waals surface area (Å²) in [6.07, 6.45) is 0. The topological polar surface area (TPSA) is 73.3 Å². The number of hydrogen-bond donors (Lipinski definition) is 2. The maximum atomic E-state index is 5.42. The van der Waals surface area contributed by atoms with Crippen LogP contribution in [0.15, 0.2) is 46.3 Å². The number of thioether (sulfide) groups is 1. The van der Waals surface area contributed by atoms with Crippen molar-refractivity contribution >= 4 is 41.7 Å². The Hall–Kier alpha value is -2.01. The minimum absolute atomic E-state index is 0. The Morgan fingerprint density at radius 3 is 2.12 bits per heavy atom. The molecular formula is C23H34IN3O4S. The molecule has 2 aromatic carbocycles. The number of rotatable bonds is 11. The number of aliphatic imine (C=N–C) groups is 1. The molecule has 0 amide bonds. The first-order valence-electron chi connectivity index (χ1n) is 10.0. The number of para-hydroxylation sites is 1. The molecule has 0 aromatic heterocycles. The van der Waals surface area contributed by atoms with E-state index in [9.17, 15) is 0 Å². The van der Waals surface area contributed by atoms with E-state index < -0.39 is 0 Å². The van der Waals surface area contributed by atoms with Crippen molar-refractivity contribution in [3.8, 4) is 23.0 Å². The standard InChI is InChI=1S/C23H33N3O4S.HI/c1-16(15-31-21-10-8-7-9-18(21)27-3)13-25-23(24-2)26-14-17-11-19(28-4)22(30-6)20(12-17)29-5;/h7-12,16H,13-15H2,1-6H3,(H2,24,25,26);1H. The number of ether oxygens (including phenoxy) is 4. The van der Waals surface area contributed by atoms with Crippen molar-refractivity contribution in [2.45, 2.75) is 18.4 Å². The Bertz CT molecular complexity index is 842. The molecule has 0 saturated heterocycles. The zero-order chi connectivity index (χ0) is 22.6. The Kier molecular flexibility index (Phi) is 13.1. The smallest absolute Gasteiger partial charge is 0.203 e. The minimum Gasteiger partial charge on any atom is -0.496 e. The first kappa shape index (κ1) is 28.0. The fourth-order valence-corrected chi connectivity index (χ4v) is 3.99. The van der Waals surface area contributed by atoms with Gasteiger partial charge in [0.2, 0.25) is 5.75 Å². The summed E-state index contributed by atoms with van der Waals surface area (Å²) in [6.45, 7) is 3.58. The largest absolute Gasteiger partial charge is 0.496 e. The molecule has 0 heterocycles. The molecule has 0 fully saturated rings. The van der Waals surface area contributed by atoms with Gasteiger partial charge >= 0.3 is 0 Å². The fourth-order valence-electron chi connectivity index (χ4n) is 2.94. The van der Waals surface area contributed by atoms with Gasteiger partial charge < -0.3 is 29.6 Å². The molecule has 1 atom stereocenters. The number of methoxy groups -OCH3 is 4. The molecule has 0 aliphatic heterocycles. The molecule has 178 valence electrons. The van der Waals surface area contributed by atoms with Crippen LogP contribution in [0.25, 0.3) is 0 Å². The lowest BCUT2D eigenvalue weighted by atomic mass is 10.2. The van der Waals surface area contributed by atoms with Gasteiger partial charge in [-0.2, -0.15) is 0 Å². The lowest BCUT2D eigenvalue weighted by Crippen LogP contribution is -2.39. The van der Waals surface area contributed by atoms with Gasteiger partial charge in [0.15, 0.2) is 17.5 Å². The molecule has 7 nitrogen and oxygen atoms in total. The highest BCUT2D eigenvalue weighted by Gasteiger charge is 2.13. The van der Waals surface area contributed by atoms with Gasteiger partial charge in [-0.3, -0.25) is 4.99 Å². The van der Waals surface area contributed by atoms with Crippen molar-refractivity contribution < 1.29 is 18.9 Å². The highest BCUT2D eigenvalue weighted by Crippen LogP contribution is 2.38. The zero-order valence-corrected chi connectivity index (χ0v) is 22.7. The van der Waals surface area contributed by atoms with E-state index in [1.807, 2.05) is 30.3 Å². The third-order valence-corrected chi connectivity index (χ3v) is 6.00.